The SMILES string of the molecule is COC(=O)/C=C/[Si](Cl)(C(C)C)C(C)C. The first-order chi connectivity index (χ1) is 6.34. The number of halogens is 1. The molecular weight excluding hydrogens is 216 g/mol. The molecule has 0 aromatic carbocycles. The van der Waals surface area contributed by atoms with Gasteiger partial charge in [0.2, 0.25) is 0 Å². The topological polar surface area (TPSA) is 26.3 Å². The molecule has 0 aliphatic heterocycles. The minimum atomic E-state index is -1.99. The third kappa shape index (κ3) is 3.46. The number of ether oxygens (including phenoxy) is 1. The van der Waals surface area contributed by atoms with Crippen LogP contribution in [0.1, 0.15) is 27.7 Å². The zero-order chi connectivity index (χ0) is 11.4. The van der Waals surface area contributed by atoms with Gasteiger partial charge in [0, 0.05) is 6.08 Å². The predicted molar refractivity (Wildman–Crippen MR) is 63.0 cm³/mol. The van der Waals surface area contributed by atoms with Gasteiger partial charge in [-0.3, -0.25) is 0 Å². The summed E-state index contributed by atoms with van der Waals surface area (Å²) in [6.07, 6.45) is 1.46. The second-order valence-corrected chi connectivity index (χ2v) is 10.3. The summed E-state index contributed by atoms with van der Waals surface area (Å²) in [5, 5.41) is 0. The van der Waals surface area contributed by atoms with E-state index in [9.17, 15) is 4.79 Å². The first-order valence-corrected chi connectivity index (χ1v) is 8.05. The number of carbonyl (C=O) groups excluding carboxylic acids is 1. The van der Waals surface area contributed by atoms with Crippen molar-refractivity contribution < 1.29 is 9.53 Å². The third-order valence-electron chi connectivity index (χ3n) is 2.45. The van der Waals surface area contributed by atoms with E-state index < -0.39 is 7.38 Å². The molecule has 0 aliphatic carbocycles. The lowest BCUT2D eigenvalue weighted by atomic mass is 10.5. The summed E-state index contributed by atoms with van der Waals surface area (Å²) in [5.41, 5.74) is 2.69. The van der Waals surface area contributed by atoms with Crippen LogP contribution in [-0.4, -0.2) is 20.5 Å². The summed E-state index contributed by atoms with van der Waals surface area (Å²) < 4.78 is 4.54. The average molecular weight is 235 g/mol. The van der Waals surface area contributed by atoms with Crippen molar-refractivity contribution in [2.75, 3.05) is 7.11 Å². The van der Waals surface area contributed by atoms with Crippen LogP contribution in [0.4, 0.5) is 0 Å². The molecular formula is C10H19ClO2Si. The summed E-state index contributed by atoms with van der Waals surface area (Å²) in [6.45, 7) is 8.39. The van der Waals surface area contributed by atoms with Crippen LogP contribution in [0.2, 0.25) is 11.1 Å². The maximum atomic E-state index is 11.0. The standard InChI is InChI=1S/C10H19ClO2Si/c1-8(2)14(11,9(3)4)7-6-10(12)13-5/h6-9H,1-5H3/b7-6+. The van der Waals surface area contributed by atoms with E-state index >= 15 is 0 Å². The zero-order valence-electron chi connectivity index (χ0n) is 9.50. The van der Waals surface area contributed by atoms with Crippen molar-refractivity contribution in [1.82, 2.24) is 0 Å². The van der Waals surface area contributed by atoms with Crippen LogP contribution in [0.25, 0.3) is 0 Å². The highest BCUT2D eigenvalue weighted by molar-refractivity contribution is 7.24. The van der Waals surface area contributed by atoms with Crippen molar-refractivity contribution >= 4 is 24.4 Å². The van der Waals surface area contributed by atoms with E-state index in [4.69, 9.17) is 11.1 Å². The number of esters is 1. The molecule has 2 nitrogen and oxygen atoms in total. The molecule has 0 aromatic heterocycles. The van der Waals surface area contributed by atoms with Crippen LogP contribution >= 0.6 is 11.1 Å². The maximum Gasteiger partial charge on any atom is 0.329 e. The van der Waals surface area contributed by atoms with Crippen LogP contribution in [0, 0.1) is 0 Å². The van der Waals surface area contributed by atoms with E-state index in [1.54, 1.807) is 0 Å². The molecule has 0 atom stereocenters. The Morgan fingerprint density at radius 2 is 1.71 bits per heavy atom. The van der Waals surface area contributed by atoms with Crippen LogP contribution in [0.5, 0.6) is 0 Å². The highest BCUT2D eigenvalue weighted by Gasteiger charge is 2.35. The lowest BCUT2D eigenvalue weighted by molar-refractivity contribution is -0.134. The Bertz CT molecular complexity index is 216. The minimum Gasteiger partial charge on any atom is -0.466 e. The van der Waals surface area contributed by atoms with E-state index in [2.05, 4.69) is 32.4 Å². The first kappa shape index (κ1) is 13.7. The Labute approximate surface area is 92.0 Å². The van der Waals surface area contributed by atoms with Gasteiger partial charge in [-0.25, -0.2) is 4.79 Å². The van der Waals surface area contributed by atoms with E-state index in [-0.39, 0.29) is 5.97 Å². The summed E-state index contributed by atoms with van der Waals surface area (Å²) in [7, 11) is -0.622. The summed E-state index contributed by atoms with van der Waals surface area (Å²) in [5.74, 6) is -0.330. The van der Waals surface area contributed by atoms with Gasteiger partial charge in [0.1, 0.15) is 0 Å². The Hall–Kier alpha value is -0.283. The first-order valence-electron chi connectivity index (χ1n) is 4.80. The number of rotatable bonds is 4. The fourth-order valence-corrected chi connectivity index (χ4v) is 4.00. The molecule has 0 saturated heterocycles. The lowest BCUT2D eigenvalue weighted by Crippen LogP contribution is -2.32. The van der Waals surface area contributed by atoms with Crippen molar-refractivity contribution in [3.8, 4) is 0 Å². The quantitative estimate of drug-likeness (QED) is 0.323. The molecule has 14 heavy (non-hydrogen) atoms. The van der Waals surface area contributed by atoms with Crippen molar-refractivity contribution in [3.63, 3.8) is 0 Å². The van der Waals surface area contributed by atoms with Crippen LogP contribution < -0.4 is 0 Å². The summed E-state index contributed by atoms with van der Waals surface area (Å²) in [4.78, 5) is 11.0. The molecule has 0 bridgehead atoms. The highest BCUT2D eigenvalue weighted by Crippen LogP contribution is 2.36. The zero-order valence-corrected chi connectivity index (χ0v) is 11.3. The molecule has 0 aromatic rings. The van der Waals surface area contributed by atoms with Crippen molar-refractivity contribution in [2.45, 2.75) is 38.8 Å². The van der Waals surface area contributed by atoms with Crippen molar-refractivity contribution in [2.24, 2.45) is 0 Å². The molecule has 0 unspecified atom stereocenters. The second kappa shape index (κ2) is 5.56. The molecule has 0 saturated carbocycles. The fourth-order valence-electron chi connectivity index (χ4n) is 1.32. The number of hydrogen-bond donors (Lipinski definition) is 0. The normalized spacial score (nSPS) is 12.9. The number of methoxy groups -OCH3 is 1. The molecule has 0 heterocycles. The molecule has 82 valence electrons. The van der Waals surface area contributed by atoms with Crippen LogP contribution in [-0.2, 0) is 9.53 Å². The number of carbonyl (C=O) groups is 1. The van der Waals surface area contributed by atoms with Crippen LogP contribution in [0.15, 0.2) is 11.8 Å². The molecule has 4 heteroatoms. The number of hydrogen-bond acceptors (Lipinski definition) is 2. The molecule has 0 fully saturated rings. The third-order valence-corrected chi connectivity index (χ3v) is 9.66. The average Bonchev–Trinajstić information content (AvgIpc) is 2.12. The monoisotopic (exact) mass is 234 g/mol. The van der Waals surface area contributed by atoms with Crippen LogP contribution in [0.3, 0.4) is 0 Å². The second-order valence-electron chi connectivity index (χ2n) is 3.99. The minimum absolute atomic E-state index is 0.330. The Morgan fingerprint density at radius 1 is 1.29 bits per heavy atom. The largest absolute Gasteiger partial charge is 0.466 e. The fraction of sp³-hybridized carbons (Fsp3) is 0.700. The van der Waals surface area contributed by atoms with E-state index in [0.29, 0.717) is 11.1 Å². The predicted octanol–water partition coefficient (Wildman–Crippen LogP) is 3.26. The smallest absolute Gasteiger partial charge is 0.329 e. The lowest BCUT2D eigenvalue weighted by Gasteiger charge is -2.28. The summed E-state index contributed by atoms with van der Waals surface area (Å²) >= 11 is 6.55. The van der Waals surface area contributed by atoms with Gasteiger partial charge in [-0.05, 0) is 11.1 Å². The van der Waals surface area contributed by atoms with Gasteiger partial charge >= 0.3 is 5.97 Å². The van der Waals surface area contributed by atoms with Gasteiger partial charge in [-0.1, -0.05) is 33.4 Å². The molecule has 0 spiro atoms. The Morgan fingerprint density at radius 3 is 2.00 bits per heavy atom. The molecule has 0 radical (unpaired) electrons. The van der Waals surface area contributed by atoms with Gasteiger partial charge in [0.05, 0.1) is 7.11 Å². The maximum absolute atomic E-state index is 11.0. The van der Waals surface area contributed by atoms with Gasteiger partial charge in [-0.15, -0.1) is 0 Å². The highest BCUT2D eigenvalue weighted by atomic mass is 35.6. The van der Waals surface area contributed by atoms with Crippen molar-refractivity contribution in [1.29, 1.82) is 0 Å². The van der Waals surface area contributed by atoms with E-state index in [1.165, 1.54) is 13.2 Å². The summed E-state index contributed by atoms with van der Waals surface area (Å²) in [6, 6.07) is 0. The molecule has 0 rings (SSSR count). The molecule has 0 N–H and O–H groups in total. The molecule has 0 aliphatic rings. The van der Waals surface area contributed by atoms with E-state index in [0.717, 1.165) is 0 Å². The van der Waals surface area contributed by atoms with Crippen molar-refractivity contribution in [3.05, 3.63) is 11.8 Å². The van der Waals surface area contributed by atoms with Gasteiger partial charge in [0.15, 0.2) is 7.38 Å². The molecule has 0 amide bonds. The Kier molecular flexibility index (Phi) is 5.45. The van der Waals surface area contributed by atoms with E-state index in [1.807, 2.05) is 5.70 Å². The van der Waals surface area contributed by atoms with Gasteiger partial charge in [0.25, 0.3) is 0 Å². The Balaban J connectivity index is 4.70. The van der Waals surface area contributed by atoms with Gasteiger partial charge in [-0.2, -0.15) is 11.1 Å². The van der Waals surface area contributed by atoms with Gasteiger partial charge < -0.3 is 4.74 Å².